The van der Waals surface area contributed by atoms with Crippen molar-refractivity contribution in [1.82, 2.24) is 10.3 Å². The number of nitrogens with one attached hydrogen (secondary N) is 1. The van der Waals surface area contributed by atoms with E-state index in [9.17, 15) is 4.79 Å². The fraction of sp³-hybridized carbons (Fsp3) is 0.333. The molecule has 1 aliphatic heterocycles. The van der Waals surface area contributed by atoms with Crippen LogP contribution in [0, 0.1) is 0 Å². The van der Waals surface area contributed by atoms with Gasteiger partial charge in [0.1, 0.15) is 5.01 Å². The fourth-order valence-corrected chi connectivity index (χ4v) is 4.41. The number of rotatable bonds is 4. The standard InChI is InChI=1S/C15H15ClN2OS2/c16-7-13-9-21-15(18-13)11-3-1-2-10(6-11)14(19)17-12-4-5-20-8-12/h1-3,6,9,12H,4-5,7-8H2,(H,17,19). The summed E-state index contributed by atoms with van der Waals surface area (Å²) in [6, 6.07) is 7.91. The molecule has 0 radical (unpaired) electrons. The fourth-order valence-electron chi connectivity index (χ4n) is 2.21. The van der Waals surface area contributed by atoms with Crippen LogP contribution >= 0.6 is 34.7 Å². The van der Waals surface area contributed by atoms with Crippen molar-refractivity contribution in [2.75, 3.05) is 11.5 Å². The van der Waals surface area contributed by atoms with Gasteiger partial charge in [-0.2, -0.15) is 11.8 Å². The first-order chi connectivity index (χ1) is 10.3. The highest BCUT2D eigenvalue weighted by atomic mass is 35.5. The van der Waals surface area contributed by atoms with Crippen molar-refractivity contribution in [1.29, 1.82) is 0 Å². The van der Waals surface area contributed by atoms with Crippen LogP contribution in [0.3, 0.4) is 0 Å². The lowest BCUT2D eigenvalue weighted by Crippen LogP contribution is -2.34. The van der Waals surface area contributed by atoms with E-state index < -0.39 is 0 Å². The molecule has 6 heteroatoms. The molecule has 3 nitrogen and oxygen atoms in total. The number of hydrogen-bond acceptors (Lipinski definition) is 4. The smallest absolute Gasteiger partial charge is 0.251 e. The summed E-state index contributed by atoms with van der Waals surface area (Å²) < 4.78 is 0. The summed E-state index contributed by atoms with van der Waals surface area (Å²) >= 11 is 9.22. The van der Waals surface area contributed by atoms with Crippen molar-refractivity contribution in [3.63, 3.8) is 0 Å². The first kappa shape index (κ1) is 14.9. The van der Waals surface area contributed by atoms with Crippen molar-refractivity contribution in [2.24, 2.45) is 0 Å². The summed E-state index contributed by atoms with van der Waals surface area (Å²) in [6.07, 6.45) is 1.06. The molecule has 1 aromatic carbocycles. The van der Waals surface area contributed by atoms with E-state index in [1.165, 1.54) is 0 Å². The third-order valence-electron chi connectivity index (χ3n) is 3.33. The first-order valence-electron chi connectivity index (χ1n) is 6.75. The molecule has 1 fully saturated rings. The molecule has 1 aliphatic rings. The molecule has 21 heavy (non-hydrogen) atoms. The maximum atomic E-state index is 12.3. The highest BCUT2D eigenvalue weighted by molar-refractivity contribution is 7.99. The van der Waals surface area contributed by atoms with Crippen LogP contribution in [0.25, 0.3) is 10.6 Å². The van der Waals surface area contributed by atoms with Crippen LogP contribution in [-0.4, -0.2) is 28.4 Å². The average molecular weight is 339 g/mol. The molecule has 0 saturated carbocycles. The molecule has 1 saturated heterocycles. The van der Waals surface area contributed by atoms with Gasteiger partial charge in [0.15, 0.2) is 0 Å². The molecular formula is C15H15ClN2OS2. The minimum Gasteiger partial charge on any atom is -0.348 e. The summed E-state index contributed by atoms with van der Waals surface area (Å²) in [5.41, 5.74) is 2.52. The number of hydrogen-bond donors (Lipinski definition) is 1. The van der Waals surface area contributed by atoms with E-state index in [4.69, 9.17) is 11.6 Å². The number of alkyl halides is 1. The summed E-state index contributed by atoms with van der Waals surface area (Å²) in [6.45, 7) is 0. The van der Waals surface area contributed by atoms with E-state index in [0.29, 0.717) is 17.5 Å². The average Bonchev–Trinajstić information content (AvgIpc) is 3.18. The number of nitrogens with zero attached hydrogens (tertiary/aromatic N) is 1. The van der Waals surface area contributed by atoms with Gasteiger partial charge in [-0.15, -0.1) is 22.9 Å². The molecule has 1 aromatic heterocycles. The largest absolute Gasteiger partial charge is 0.348 e. The zero-order valence-electron chi connectivity index (χ0n) is 11.3. The summed E-state index contributed by atoms with van der Waals surface area (Å²) in [5.74, 6) is 2.55. The van der Waals surface area contributed by atoms with Crippen molar-refractivity contribution in [2.45, 2.75) is 18.3 Å². The predicted octanol–water partition coefficient (Wildman–Crippen LogP) is 3.78. The molecule has 1 atom stereocenters. The van der Waals surface area contributed by atoms with Crippen molar-refractivity contribution in [3.8, 4) is 10.6 Å². The van der Waals surface area contributed by atoms with Crippen LogP contribution < -0.4 is 5.32 Å². The second-order valence-electron chi connectivity index (χ2n) is 4.89. The van der Waals surface area contributed by atoms with E-state index in [-0.39, 0.29) is 5.91 Å². The Balaban J connectivity index is 1.77. The second-order valence-corrected chi connectivity index (χ2v) is 7.17. The topological polar surface area (TPSA) is 42.0 Å². The third kappa shape index (κ3) is 3.59. The lowest BCUT2D eigenvalue weighted by atomic mass is 10.1. The normalized spacial score (nSPS) is 17.9. The van der Waals surface area contributed by atoms with Crippen molar-refractivity contribution in [3.05, 3.63) is 40.9 Å². The summed E-state index contributed by atoms with van der Waals surface area (Å²) in [7, 11) is 0. The molecular weight excluding hydrogens is 324 g/mol. The highest BCUT2D eigenvalue weighted by Crippen LogP contribution is 2.25. The molecule has 2 aromatic rings. The number of amides is 1. The summed E-state index contributed by atoms with van der Waals surface area (Å²) in [5, 5.41) is 5.94. The molecule has 2 heterocycles. The quantitative estimate of drug-likeness (QED) is 0.862. The summed E-state index contributed by atoms with van der Waals surface area (Å²) in [4.78, 5) is 16.7. The molecule has 1 unspecified atom stereocenters. The van der Waals surface area contributed by atoms with Gasteiger partial charge >= 0.3 is 0 Å². The molecule has 110 valence electrons. The molecule has 0 aliphatic carbocycles. The van der Waals surface area contributed by atoms with Crippen LogP contribution in [0.2, 0.25) is 0 Å². The Bertz CT molecular complexity index is 638. The number of thiazole rings is 1. The van der Waals surface area contributed by atoms with E-state index in [1.807, 2.05) is 41.4 Å². The van der Waals surface area contributed by atoms with Crippen molar-refractivity contribution < 1.29 is 4.79 Å². The third-order valence-corrected chi connectivity index (χ3v) is 5.70. The lowest BCUT2D eigenvalue weighted by Gasteiger charge is -2.11. The van der Waals surface area contributed by atoms with Gasteiger partial charge in [-0.25, -0.2) is 4.98 Å². The van der Waals surface area contributed by atoms with Crippen molar-refractivity contribution >= 4 is 40.6 Å². The number of thioether (sulfide) groups is 1. The number of halogens is 1. The Hall–Kier alpha value is -1.04. The van der Waals surface area contributed by atoms with Crippen LogP contribution in [0.15, 0.2) is 29.6 Å². The van der Waals surface area contributed by atoms with Gasteiger partial charge < -0.3 is 5.32 Å². The van der Waals surface area contributed by atoms with E-state index in [1.54, 1.807) is 11.3 Å². The molecule has 0 spiro atoms. The van der Waals surface area contributed by atoms with Crippen LogP contribution in [0.1, 0.15) is 22.5 Å². The Morgan fingerprint density at radius 3 is 3.10 bits per heavy atom. The van der Waals surface area contributed by atoms with E-state index in [0.717, 1.165) is 34.2 Å². The predicted molar refractivity (Wildman–Crippen MR) is 90.3 cm³/mol. The molecule has 0 bridgehead atoms. The number of carbonyl (C=O) groups is 1. The number of benzene rings is 1. The van der Waals surface area contributed by atoms with Gasteiger partial charge in [0.05, 0.1) is 11.6 Å². The van der Waals surface area contributed by atoms with E-state index >= 15 is 0 Å². The van der Waals surface area contributed by atoms with Gasteiger partial charge in [-0.1, -0.05) is 12.1 Å². The highest BCUT2D eigenvalue weighted by Gasteiger charge is 2.18. The van der Waals surface area contributed by atoms with Crippen LogP contribution in [0.5, 0.6) is 0 Å². The van der Waals surface area contributed by atoms with Gasteiger partial charge in [0, 0.05) is 28.3 Å². The first-order valence-corrected chi connectivity index (χ1v) is 9.32. The molecule has 3 rings (SSSR count). The van der Waals surface area contributed by atoms with E-state index in [2.05, 4.69) is 10.3 Å². The minimum atomic E-state index is -0.00141. The van der Waals surface area contributed by atoms with Gasteiger partial charge in [-0.05, 0) is 24.3 Å². The Morgan fingerprint density at radius 1 is 1.48 bits per heavy atom. The monoisotopic (exact) mass is 338 g/mol. The maximum absolute atomic E-state index is 12.3. The van der Waals surface area contributed by atoms with Crippen LogP contribution in [0.4, 0.5) is 0 Å². The zero-order valence-corrected chi connectivity index (χ0v) is 13.7. The number of carbonyl (C=O) groups excluding carboxylic acids is 1. The second kappa shape index (κ2) is 6.81. The Kier molecular flexibility index (Phi) is 4.83. The Labute approximate surface area is 137 Å². The molecule has 1 N–H and O–H groups in total. The van der Waals surface area contributed by atoms with Gasteiger partial charge in [0.2, 0.25) is 0 Å². The van der Waals surface area contributed by atoms with Crippen LogP contribution in [-0.2, 0) is 5.88 Å². The molecule has 1 amide bonds. The zero-order chi connectivity index (χ0) is 14.7. The lowest BCUT2D eigenvalue weighted by molar-refractivity contribution is 0.0941. The number of aromatic nitrogens is 1. The van der Waals surface area contributed by atoms with Gasteiger partial charge in [-0.3, -0.25) is 4.79 Å². The maximum Gasteiger partial charge on any atom is 0.251 e. The minimum absolute atomic E-state index is 0.00141. The Morgan fingerprint density at radius 2 is 2.38 bits per heavy atom. The van der Waals surface area contributed by atoms with Gasteiger partial charge in [0.25, 0.3) is 5.91 Å². The SMILES string of the molecule is O=C(NC1CCSC1)c1cccc(-c2nc(CCl)cs2)c1.